The van der Waals surface area contributed by atoms with Gasteiger partial charge in [0, 0.05) is 0 Å². The van der Waals surface area contributed by atoms with Crippen LogP contribution in [0.1, 0.15) is 0 Å². The van der Waals surface area contributed by atoms with Crippen molar-refractivity contribution >= 4 is 10.9 Å². The number of para-hydroxylation sites is 2. The molecule has 2 aromatic carbocycles. The Morgan fingerprint density at radius 1 is 0.900 bits per heavy atom. The molecule has 1 N–H and O–H groups in total. The number of benzene rings is 2. The molecule has 0 bridgehead atoms. The van der Waals surface area contributed by atoms with E-state index < -0.39 is 22.9 Å². The number of hydrogen-bond donors (Lipinski definition) is 1. The van der Waals surface area contributed by atoms with Gasteiger partial charge in [0.25, 0.3) is 5.56 Å². The fraction of sp³-hybridized carbons (Fsp3) is 0. The zero-order valence-corrected chi connectivity index (χ0v) is 10.1. The lowest BCUT2D eigenvalue weighted by molar-refractivity contribution is 0.612. The van der Waals surface area contributed by atoms with Crippen LogP contribution < -0.4 is 11.2 Å². The van der Waals surface area contributed by atoms with Crippen molar-refractivity contribution in [3.8, 4) is 5.69 Å². The molecule has 0 fully saturated rings. The molecule has 0 radical (unpaired) electrons. The van der Waals surface area contributed by atoms with Crippen LogP contribution in [-0.2, 0) is 0 Å². The van der Waals surface area contributed by atoms with Crippen LogP contribution in [0.5, 0.6) is 0 Å². The third kappa shape index (κ3) is 1.73. The Hall–Kier alpha value is -2.76. The number of hydrogen-bond acceptors (Lipinski definition) is 2. The molecule has 4 nitrogen and oxygen atoms in total. The number of aromatic amines is 1. The van der Waals surface area contributed by atoms with E-state index in [9.17, 15) is 18.4 Å². The summed E-state index contributed by atoms with van der Waals surface area (Å²) in [4.78, 5) is 26.5. The summed E-state index contributed by atoms with van der Waals surface area (Å²) < 4.78 is 27.9. The highest BCUT2D eigenvalue weighted by Crippen LogP contribution is 2.12. The maximum absolute atomic E-state index is 13.7. The summed E-state index contributed by atoms with van der Waals surface area (Å²) in [6.45, 7) is 0. The Bertz CT molecular complexity index is 928. The van der Waals surface area contributed by atoms with Gasteiger partial charge in [-0.1, -0.05) is 18.2 Å². The molecule has 0 unspecified atom stereocenters. The zero-order valence-electron chi connectivity index (χ0n) is 10.1. The highest BCUT2D eigenvalue weighted by Gasteiger charge is 2.14. The van der Waals surface area contributed by atoms with Gasteiger partial charge in [-0.3, -0.25) is 4.79 Å². The smallest absolute Gasteiger partial charge is 0.304 e. The van der Waals surface area contributed by atoms with E-state index in [0.29, 0.717) is 4.57 Å². The number of nitrogens with one attached hydrogen (secondary N) is 1. The first kappa shape index (κ1) is 12.3. The van der Waals surface area contributed by atoms with E-state index in [1.165, 1.54) is 30.3 Å². The molecular weight excluding hydrogens is 266 g/mol. The van der Waals surface area contributed by atoms with Crippen molar-refractivity contribution in [2.45, 2.75) is 0 Å². The molecule has 0 aliphatic heterocycles. The zero-order chi connectivity index (χ0) is 14.3. The van der Waals surface area contributed by atoms with Gasteiger partial charge in [0.05, 0.1) is 16.6 Å². The molecule has 100 valence electrons. The number of H-pyrrole nitrogens is 1. The van der Waals surface area contributed by atoms with Crippen LogP contribution in [0, 0.1) is 11.6 Å². The molecule has 3 rings (SSSR count). The highest BCUT2D eigenvalue weighted by molar-refractivity contribution is 5.78. The predicted molar refractivity (Wildman–Crippen MR) is 70.1 cm³/mol. The average Bonchev–Trinajstić information content (AvgIpc) is 2.42. The van der Waals surface area contributed by atoms with E-state index in [1.807, 2.05) is 0 Å². The van der Waals surface area contributed by atoms with Crippen molar-refractivity contribution in [3.05, 3.63) is 74.9 Å². The van der Waals surface area contributed by atoms with Crippen molar-refractivity contribution in [3.63, 3.8) is 0 Å². The quantitative estimate of drug-likeness (QED) is 0.737. The Morgan fingerprint density at radius 3 is 2.35 bits per heavy atom. The van der Waals surface area contributed by atoms with Gasteiger partial charge in [0.15, 0.2) is 0 Å². The Balaban J connectivity index is 2.48. The summed E-state index contributed by atoms with van der Waals surface area (Å²) >= 11 is 0. The minimum atomic E-state index is -0.891. The van der Waals surface area contributed by atoms with E-state index in [0.717, 1.165) is 12.1 Å². The first-order chi connectivity index (χ1) is 9.59. The number of halogens is 2. The van der Waals surface area contributed by atoms with Crippen molar-refractivity contribution in [2.24, 2.45) is 0 Å². The largest absolute Gasteiger partial charge is 0.333 e. The second-order valence-corrected chi connectivity index (χ2v) is 4.18. The van der Waals surface area contributed by atoms with E-state index >= 15 is 0 Å². The first-order valence-corrected chi connectivity index (χ1v) is 5.78. The minimum Gasteiger partial charge on any atom is -0.304 e. The SMILES string of the molecule is O=c1[nH]c2c(F)cccc2c(=O)n1-c1ccccc1F. The van der Waals surface area contributed by atoms with Crippen molar-refractivity contribution in [1.82, 2.24) is 9.55 Å². The van der Waals surface area contributed by atoms with Gasteiger partial charge < -0.3 is 4.98 Å². The number of nitrogens with zero attached hydrogens (tertiary/aromatic N) is 1. The van der Waals surface area contributed by atoms with Gasteiger partial charge in [0.2, 0.25) is 0 Å². The van der Waals surface area contributed by atoms with E-state index in [4.69, 9.17) is 0 Å². The molecule has 1 aromatic heterocycles. The molecule has 0 spiro atoms. The third-order valence-corrected chi connectivity index (χ3v) is 2.98. The second kappa shape index (κ2) is 4.41. The Morgan fingerprint density at radius 2 is 1.60 bits per heavy atom. The standard InChI is InChI=1S/C14H8F2N2O2/c15-9-5-1-2-7-11(9)18-13(19)8-4-3-6-10(16)12(8)17-14(18)20/h1-7H,(H,17,20). The predicted octanol–water partition coefficient (Wildman–Crippen LogP) is 1.96. The summed E-state index contributed by atoms with van der Waals surface area (Å²) in [6.07, 6.45) is 0. The molecule has 6 heteroatoms. The van der Waals surface area contributed by atoms with Crippen molar-refractivity contribution < 1.29 is 8.78 Å². The van der Waals surface area contributed by atoms with Crippen LogP contribution in [0.3, 0.4) is 0 Å². The Kier molecular flexibility index (Phi) is 2.71. The van der Waals surface area contributed by atoms with Gasteiger partial charge in [-0.05, 0) is 24.3 Å². The number of aromatic nitrogens is 2. The molecule has 0 saturated heterocycles. The normalized spacial score (nSPS) is 10.9. The third-order valence-electron chi connectivity index (χ3n) is 2.98. The van der Waals surface area contributed by atoms with Gasteiger partial charge in [-0.2, -0.15) is 0 Å². The lowest BCUT2D eigenvalue weighted by atomic mass is 10.2. The molecule has 20 heavy (non-hydrogen) atoms. The Labute approximate surface area is 110 Å². The van der Waals surface area contributed by atoms with Gasteiger partial charge >= 0.3 is 5.69 Å². The van der Waals surface area contributed by atoms with Crippen LogP contribution in [0.15, 0.2) is 52.1 Å². The molecule has 0 aliphatic carbocycles. The van der Waals surface area contributed by atoms with Gasteiger partial charge in [-0.25, -0.2) is 18.1 Å². The average molecular weight is 274 g/mol. The van der Waals surface area contributed by atoms with E-state index in [1.54, 1.807) is 0 Å². The summed E-state index contributed by atoms with van der Waals surface area (Å²) in [6, 6.07) is 9.23. The van der Waals surface area contributed by atoms with Crippen LogP contribution in [0.25, 0.3) is 16.6 Å². The van der Waals surface area contributed by atoms with Crippen LogP contribution in [0.2, 0.25) is 0 Å². The maximum Gasteiger partial charge on any atom is 0.333 e. The molecule has 0 saturated carbocycles. The van der Waals surface area contributed by atoms with Crippen LogP contribution in [-0.4, -0.2) is 9.55 Å². The van der Waals surface area contributed by atoms with Crippen LogP contribution in [0.4, 0.5) is 8.78 Å². The summed E-state index contributed by atoms with van der Waals surface area (Å²) in [5, 5.41) is -0.0205. The van der Waals surface area contributed by atoms with Crippen molar-refractivity contribution in [2.75, 3.05) is 0 Å². The molecule has 3 aromatic rings. The number of fused-ring (bicyclic) bond motifs is 1. The fourth-order valence-corrected chi connectivity index (χ4v) is 2.06. The van der Waals surface area contributed by atoms with Crippen LogP contribution >= 0.6 is 0 Å². The summed E-state index contributed by atoms with van der Waals surface area (Å²) in [7, 11) is 0. The maximum atomic E-state index is 13.7. The number of rotatable bonds is 1. The van der Waals surface area contributed by atoms with Gasteiger partial charge in [-0.15, -0.1) is 0 Å². The topological polar surface area (TPSA) is 54.9 Å². The van der Waals surface area contributed by atoms with Crippen molar-refractivity contribution in [1.29, 1.82) is 0 Å². The molecule has 0 aliphatic rings. The molecular formula is C14H8F2N2O2. The fourth-order valence-electron chi connectivity index (χ4n) is 2.06. The van der Waals surface area contributed by atoms with Gasteiger partial charge in [0.1, 0.15) is 11.6 Å². The first-order valence-electron chi connectivity index (χ1n) is 5.78. The lowest BCUT2D eigenvalue weighted by Gasteiger charge is -2.07. The summed E-state index contributed by atoms with van der Waals surface area (Å²) in [5.41, 5.74) is -2.02. The summed E-state index contributed by atoms with van der Waals surface area (Å²) in [5.74, 6) is -1.42. The minimum absolute atomic E-state index is 0.0205. The monoisotopic (exact) mass is 274 g/mol. The molecule has 0 amide bonds. The lowest BCUT2D eigenvalue weighted by Crippen LogP contribution is -2.34. The highest BCUT2D eigenvalue weighted by atomic mass is 19.1. The van der Waals surface area contributed by atoms with E-state index in [2.05, 4.69) is 4.98 Å². The second-order valence-electron chi connectivity index (χ2n) is 4.18. The molecule has 0 atom stereocenters. The van der Waals surface area contributed by atoms with E-state index in [-0.39, 0.29) is 16.6 Å². The molecule has 1 heterocycles.